The van der Waals surface area contributed by atoms with Crippen LogP contribution in [0.25, 0.3) is 0 Å². The van der Waals surface area contributed by atoms with Crippen molar-refractivity contribution < 1.29 is 19.1 Å². The summed E-state index contributed by atoms with van der Waals surface area (Å²) in [4.78, 5) is 23.6. The maximum absolute atomic E-state index is 11.9. The molecular weight excluding hydrogens is 340 g/mol. The van der Waals surface area contributed by atoms with Crippen molar-refractivity contribution in [2.24, 2.45) is 0 Å². The van der Waals surface area contributed by atoms with Crippen LogP contribution in [-0.4, -0.2) is 24.0 Å². The van der Waals surface area contributed by atoms with Crippen LogP contribution in [0.2, 0.25) is 0 Å². The van der Waals surface area contributed by atoms with Crippen LogP contribution in [0, 0.1) is 0 Å². The SMILES string of the molecule is CC(=O)c1ccc(CCCc2ccccc2)c(OCC(=O)OC(C)(C)C)c1. The average molecular weight is 368 g/mol. The van der Waals surface area contributed by atoms with Crippen LogP contribution in [0.1, 0.15) is 55.6 Å². The smallest absolute Gasteiger partial charge is 0.344 e. The third-order valence-corrected chi connectivity index (χ3v) is 3.99. The van der Waals surface area contributed by atoms with Crippen molar-refractivity contribution in [2.45, 2.75) is 52.6 Å². The lowest BCUT2D eigenvalue weighted by atomic mass is 10.0. The van der Waals surface area contributed by atoms with Crippen LogP contribution in [-0.2, 0) is 22.4 Å². The molecule has 0 heterocycles. The van der Waals surface area contributed by atoms with E-state index in [9.17, 15) is 9.59 Å². The molecule has 27 heavy (non-hydrogen) atoms. The summed E-state index contributed by atoms with van der Waals surface area (Å²) in [5.41, 5.74) is 2.29. The number of ether oxygens (including phenoxy) is 2. The Bertz CT molecular complexity index is 773. The topological polar surface area (TPSA) is 52.6 Å². The van der Waals surface area contributed by atoms with Crippen LogP contribution in [0.3, 0.4) is 0 Å². The average Bonchev–Trinajstić information content (AvgIpc) is 2.60. The highest BCUT2D eigenvalue weighted by molar-refractivity contribution is 5.94. The summed E-state index contributed by atoms with van der Waals surface area (Å²) in [6.07, 6.45) is 2.71. The molecule has 0 amide bonds. The van der Waals surface area contributed by atoms with Crippen molar-refractivity contribution in [2.75, 3.05) is 6.61 Å². The lowest BCUT2D eigenvalue weighted by Crippen LogP contribution is -2.27. The van der Waals surface area contributed by atoms with Crippen molar-refractivity contribution in [3.8, 4) is 5.75 Å². The van der Waals surface area contributed by atoms with Gasteiger partial charge in [0.15, 0.2) is 12.4 Å². The second-order valence-electron chi connectivity index (χ2n) is 7.59. The minimum atomic E-state index is -0.555. The first-order valence-electron chi connectivity index (χ1n) is 9.27. The highest BCUT2D eigenvalue weighted by Gasteiger charge is 2.17. The van der Waals surface area contributed by atoms with Gasteiger partial charge in [-0.3, -0.25) is 4.79 Å². The maximum Gasteiger partial charge on any atom is 0.344 e. The van der Waals surface area contributed by atoms with Gasteiger partial charge in [-0.2, -0.15) is 0 Å². The zero-order valence-corrected chi connectivity index (χ0v) is 16.6. The third kappa shape index (κ3) is 7.26. The molecule has 4 nitrogen and oxygen atoms in total. The van der Waals surface area contributed by atoms with Crippen LogP contribution < -0.4 is 4.74 Å². The number of esters is 1. The van der Waals surface area contributed by atoms with Crippen molar-refractivity contribution in [1.29, 1.82) is 0 Å². The normalized spacial score (nSPS) is 11.1. The molecule has 2 aromatic carbocycles. The third-order valence-electron chi connectivity index (χ3n) is 3.99. The molecule has 0 N–H and O–H groups in total. The summed E-state index contributed by atoms with van der Waals surface area (Å²) in [7, 11) is 0. The molecule has 0 saturated carbocycles. The Hall–Kier alpha value is -2.62. The number of hydrogen-bond acceptors (Lipinski definition) is 4. The van der Waals surface area contributed by atoms with E-state index in [0.717, 1.165) is 24.8 Å². The number of ketones is 1. The minimum Gasteiger partial charge on any atom is -0.482 e. The van der Waals surface area contributed by atoms with E-state index in [1.165, 1.54) is 12.5 Å². The van der Waals surface area contributed by atoms with E-state index in [2.05, 4.69) is 12.1 Å². The molecule has 0 bridgehead atoms. The van der Waals surface area contributed by atoms with E-state index in [1.54, 1.807) is 12.1 Å². The largest absolute Gasteiger partial charge is 0.482 e. The van der Waals surface area contributed by atoms with Gasteiger partial charge in [0.2, 0.25) is 0 Å². The second kappa shape index (κ2) is 9.36. The zero-order chi connectivity index (χ0) is 19.9. The molecule has 0 unspecified atom stereocenters. The van der Waals surface area contributed by atoms with Gasteiger partial charge < -0.3 is 9.47 Å². The molecular formula is C23H28O4. The highest BCUT2D eigenvalue weighted by Crippen LogP contribution is 2.23. The van der Waals surface area contributed by atoms with Crippen LogP contribution in [0.5, 0.6) is 5.75 Å². The van der Waals surface area contributed by atoms with Crippen LogP contribution in [0.4, 0.5) is 0 Å². The van der Waals surface area contributed by atoms with Gasteiger partial charge in [-0.15, -0.1) is 0 Å². The fourth-order valence-electron chi connectivity index (χ4n) is 2.75. The molecule has 144 valence electrons. The van der Waals surface area contributed by atoms with Crippen molar-refractivity contribution in [3.05, 3.63) is 65.2 Å². The summed E-state index contributed by atoms with van der Waals surface area (Å²) in [6, 6.07) is 15.7. The van der Waals surface area contributed by atoms with E-state index in [4.69, 9.17) is 9.47 Å². The summed E-state index contributed by atoms with van der Waals surface area (Å²) in [6.45, 7) is 6.79. The van der Waals surface area contributed by atoms with Crippen molar-refractivity contribution in [1.82, 2.24) is 0 Å². The molecule has 0 spiro atoms. The van der Waals surface area contributed by atoms with Gasteiger partial charge >= 0.3 is 5.97 Å². The Morgan fingerprint density at radius 1 is 0.963 bits per heavy atom. The van der Waals surface area contributed by atoms with Gasteiger partial charge in [0.05, 0.1) is 0 Å². The van der Waals surface area contributed by atoms with Gasteiger partial charge in [0.25, 0.3) is 0 Å². The predicted molar refractivity (Wildman–Crippen MR) is 106 cm³/mol. The van der Waals surface area contributed by atoms with Gasteiger partial charge in [-0.05, 0) is 64.2 Å². The van der Waals surface area contributed by atoms with E-state index >= 15 is 0 Å². The lowest BCUT2D eigenvalue weighted by molar-refractivity contribution is -0.157. The molecule has 0 saturated heterocycles. The number of Topliss-reactive ketones (excluding diaryl/α,β-unsaturated/α-hetero) is 1. The minimum absolute atomic E-state index is 0.0343. The Labute approximate surface area is 161 Å². The van der Waals surface area contributed by atoms with Crippen LogP contribution >= 0.6 is 0 Å². The molecule has 0 atom stereocenters. The number of rotatable bonds is 8. The quantitative estimate of drug-likeness (QED) is 0.497. The lowest BCUT2D eigenvalue weighted by Gasteiger charge is -2.20. The molecule has 4 heteroatoms. The monoisotopic (exact) mass is 368 g/mol. The second-order valence-corrected chi connectivity index (χ2v) is 7.59. The van der Waals surface area contributed by atoms with Gasteiger partial charge in [-0.25, -0.2) is 4.79 Å². The molecule has 0 radical (unpaired) electrons. The Morgan fingerprint density at radius 2 is 1.67 bits per heavy atom. The standard InChI is InChI=1S/C23H28O4/c1-17(24)20-14-13-19(12-8-11-18-9-6-5-7-10-18)21(15-20)26-16-22(25)27-23(2,3)4/h5-7,9-10,13-15H,8,11-12,16H2,1-4H3. The highest BCUT2D eigenvalue weighted by atomic mass is 16.6. The van der Waals surface area contributed by atoms with Gasteiger partial charge in [0, 0.05) is 5.56 Å². The Balaban J connectivity index is 2.04. The summed E-state index contributed by atoms with van der Waals surface area (Å²) >= 11 is 0. The molecule has 2 rings (SSSR count). The first-order chi connectivity index (χ1) is 12.7. The summed E-state index contributed by atoms with van der Waals surface area (Å²) < 4.78 is 11.0. The molecule has 2 aromatic rings. The fraction of sp³-hybridized carbons (Fsp3) is 0.391. The summed E-state index contributed by atoms with van der Waals surface area (Å²) in [5, 5.41) is 0. The summed E-state index contributed by atoms with van der Waals surface area (Å²) in [5.74, 6) is 0.112. The van der Waals surface area contributed by atoms with E-state index in [-0.39, 0.29) is 12.4 Å². The number of hydrogen-bond donors (Lipinski definition) is 0. The van der Waals surface area contributed by atoms with E-state index in [1.807, 2.05) is 45.0 Å². The Morgan fingerprint density at radius 3 is 2.30 bits per heavy atom. The number of carbonyl (C=O) groups excluding carboxylic acids is 2. The van der Waals surface area contributed by atoms with Crippen LogP contribution in [0.15, 0.2) is 48.5 Å². The van der Waals surface area contributed by atoms with Gasteiger partial charge in [-0.1, -0.05) is 42.5 Å². The number of carbonyl (C=O) groups is 2. The van der Waals surface area contributed by atoms with E-state index < -0.39 is 11.6 Å². The maximum atomic E-state index is 11.9. The Kier molecular flexibility index (Phi) is 7.17. The molecule has 0 aliphatic rings. The zero-order valence-electron chi connectivity index (χ0n) is 16.6. The first kappa shape index (κ1) is 20.7. The fourth-order valence-corrected chi connectivity index (χ4v) is 2.75. The van der Waals surface area contributed by atoms with Crippen molar-refractivity contribution >= 4 is 11.8 Å². The number of aryl methyl sites for hydroxylation is 2. The molecule has 0 aliphatic carbocycles. The molecule has 0 fully saturated rings. The predicted octanol–water partition coefficient (Wildman–Crippen LogP) is 4.79. The van der Waals surface area contributed by atoms with Crippen molar-refractivity contribution in [3.63, 3.8) is 0 Å². The molecule has 0 aliphatic heterocycles. The first-order valence-corrected chi connectivity index (χ1v) is 9.27. The van der Waals surface area contributed by atoms with Gasteiger partial charge in [0.1, 0.15) is 11.4 Å². The number of benzene rings is 2. The van der Waals surface area contributed by atoms with E-state index in [0.29, 0.717) is 11.3 Å². The molecule has 0 aromatic heterocycles.